The van der Waals surface area contributed by atoms with Crippen molar-refractivity contribution in [2.45, 2.75) is 51.8 Å². The lowest BCUT2D eigenvalue weighted by molar-refractivity contribution is -0.147. The number of carbonyl (C=O) groups is 4. The van der Waals surface area contributed by atoms with Crippen molar-refractivity contribution in [2.75, 3.05) is 6.54 Å². The third kappa shape index (κ3) is 6.47. The van der Waals surface area contributed by atoms with Gasteiger partial charge in [0.25, 0.3) is 11.8 Å². The number of fused-ring (bicyclic) bond motifs is 1. The summed E-state index contributed by atoms with van der Waals surface area (Å²) in [6.45, 7) is 3.82. The smallest absolute Gasteiger partial charge is 0.353 e. The second-order valence-corrected chi connectivity index (χ2v) is 8.65. The van der Waals surface area contributed by atoms with Crippen molar-refractivity contribution in [3.63, 3.8) is 0 Å². The first-order valence-corrected chi connectivity index (χ1v) is 11.4. The first-order chi connectivity index (χ1) is 17.0. The standard InChI is InChI=1S/C25H26BF2N3O5/c1-15(2)36-20-7-4-3-6-19(20)25(27,28)23(34)29-13-16-9-10-18-17(12-16)14-31(22(18)33)11-5-8-21(32)30-24(26)35/h3-4,6-7,9-10,12,15H,5,8,11,13-14H2,1-2H3,(H,29,34)(H,30,32,35). The van der Waals surface area contributed by atoms with Gasteiger partial charge in [0.2, 0.25) is 13.8 Å². The van der Waals surface area contributed by atoms with E-state index >= 15 is 0 Å². The van der Waals surface area contributed by atoms with E-state index in [0.29, 0.717) is 23.1 Å². The van der Waals surface area contributed by atoms with Gasteiger partial charge in [-0.2, -0.15) is 8.78 Å². The molecule has 3 rings (SSSR count). The summed E-state index contributed by atoms with van der Waals surface area (Å²) in [7, 11) is 4.89. The van der Waals surface area contributed by atoms with Gasteiger partial charge in [0, 0.05) is 31.6 Å². The van der Waals surface area contributed by atoms with Crippen LogP contribution < -0.4 is 15.4 Å². The molecule has 0 aliphatic carbocycles. The minimum atomic E-state index is -3.81. The monoisotopic (exact) mass is 497 g/mol. The highest BCUT2D eigenvalue weighted by Gasteiger charge is 2.43. The Morgan fingerprint density at radius 2 is 1.89 bits per heavy atom. The van der Waals surface area contributed by atoms with Crippen LogP contribution in [0.2, 0.25) is 0 Å². The molecule has 11 heteroatoms. The average Bonchev–Trinajstić information content (AvgIpc) is 3.11. The topological polar surface area (TPSA) is 105 Å². The molecule has 0 saturated heterocycles. The summed E-state index contributed by atoms with van der Waals surface area (Å²) in [5, 5.41) is 4.23. The first-order valence-electron chi connectivity index (χ1n) is 11.4. The van der Waals surface area contributed by atoms with Gasteiger partial charge in [-0.25, -0.2) is 0 Å². The molecule has 0 bridgehead atoms. The van der Waals surface area contributed by atoms with Crippen molar-refractivity contribution >= 4 is 31.4 Å². The summed E-state index contributed by atoms with van der Waals surface area (Å²) in [6, 6.07) is 10.4. The van der Waals surface area contributed by atoms with Gasteiger partial charge in [0.15, 0.2) is 5.81 Å². The highest BCUT2D eigenvalue weighted by molar-refractivity contribution is 6.58. The number of nitrogens with zero attached hydrogens (tertiary/aromatic N) is 1. The van der Waals surface area contributed by atoms with Crippen LogP contribution in [-0.4, -0.2) is 48.9 Å². The van der Waals surface area contributed by atoms with Crippen LogP contribution in [0.4, 0.5) is 13.6 Å². The van der Waals surface area contributed by atoms with Crippen LogP contribution in [0, 0.1) is 0 Å². The zero-order chi connectivity index (χ0) is 26.5. The Morgan fingerprint density at radius 1 is 1.17 bits per heavy atom. The molecule has 0 atom stereocenters. The van der Waals surface area contributed by atoms with E-state index in [1.165, 1.54) is 12.1 Å². The van der Waals surface area contributed by atoms with Gasteiger partial charge in [0.05, 0.1) is 11.7 Å². The highest BCUT2D eigenvalue weighted by Crippen LogP contribution is 2.35. The maximum atomic E-state index is 14.9. The molecular weight excluding hydrogens is 471 g/mol. The van der Waals surface area contributed by atoms with Crippen molar-refractivity contribution in [1.82, 2.24) is 15.5 Å². The number of para-hydroxylation sites is 1. The molecule has 0 unspecified atom stereocenters. The molecule has 1 heterocycles. The summed E-state index contributed by atoms with van der Waals surface area (Å²) in [6.07, 6.45) is 0.0182. The van der Waals surface area contributed by atoms with Crippen LogP contribution >= 0.6 is 0 Å². The van der Waals surface area contributed by atoms with E-state index in [1.807, 2.05) is 5.32 Å². The third-order valence-electron chi connectivity index (χ3n) is 5.47. The molecule has 188 valence electrons. The average molecular weight is 497 g/mol. The van der Waals surface area contributed by atoms with Crippen LogP contribution in [0.5, 0.6) is 5.75 Å². The third-order valence-corrected chi connectivity index (χ3v) is 5.47. The number of hydrogen-bond acceptors (Lipinski definition) is 5. The van der Waals surface area contributed by atoms with E-state index in [-0.39, 0.29) is 43.8 Å². The summed E-state index contributed by atoms with van der Waals surface area (Å²) in [4.78, 5) is 48.8. The Hall–Kier alpha value is -3.76. The number of nitrogens with one attached hydrogen (secondary N) is 2. The van der Waals surface area contributed by atoms with Gasteiger partial charge in [-0.3, -0.25) is 19.2 Å². The van der Waals surface area contributed by atoms with E-state index in [4.69, 9.17) is 12.6 Å². The molecule has 0 spiro atoms. The Labute approximate surface area is 208 Å². The lowest BCUT2D eigenvalue weighted by Gasteiger charge is -2.21. The predicted octanol–water partition coefficient (Wildman–Crippen LogP) is 3.02. The molecule has 0 aromatic heterocycles. The minimum Gasteiger partial charge on any atom is -0.490 e. The lowest BCUT2D eigenvalue weighted by atomic mass is 10.0. The Morgan fingerprint density at radius 3 is 2.58 bits per heavy atom. The van der Waals surface area contributed by atoms with E-state index in [0.717, 1.165) is 6.07 Å². The molecule has 2 N–H and O–H groups in total. The Kier molecular flexibility index (Phi) is 8.44. The number of benzene rings is 2. The summed E-state index contributed by atoms with van der Waals surface area (Å²) < 4.78 is 35.3. The number of rotatable bonds is 10. The molecule has 2 aromatic rings. The zero-order valence-electron chi connectivity index (χ0n) is 20.0. The molecule has 2 aromatic carbocycles. The van der Waals surface area contributed by atoms with Crippen molar-refractivity contribution in [3.8, 4) is 5.75 Å². The van der Waals surface area contributed by atoms with Crippen LogP contribution in [0.15, 0.2) is 42.5 Å². The maximum Gasteiger partial charge on any atom is 0.353 e. The van der Waals surface area contributed by atoms with Gasteiger partial charge in [-0.05, 0) is 49.6 Å². The summed E-state index contributed by atoms with van der Waals surface area (Å²) in [5.74, 6) is -7.01. The van der Waals surface area contributed by atoms with Crippen LogP contribution in [0.25, 0.3) is 0 Å². The zero-order valence-corrected chi connectivity index (χ0v) is 20.0. The summed E-state index contributed by atoms with van der Waals surface area (Å²) >= 11 is 0. The molecule has 1 aliphatic heterocycles. The summed E-state index contributed by atoms with van der Waals surface area (Å²) in [5.41, 5.74) is 1.20. The fourth-order valence-corrected chi connectivity index (χ4v) is 3.85. The number of hydrogen-bond donors (Lipinski definition) is 2. The number of ether oxygens (including phenoxy) is 1. The number of alkyl halides is 2. The normalized spacial score (nSPS) is 12.9. The number of amides is 4. The molecule has 0 saturated carbocycles. The van der Waals surface area contributed by atoms with Crippen LogP contribution in [-0.2, 0) is 28.6 Å². The number of imide groups is 1. The second-order valence-electron chi connectivity index (χ2n) is 8.65. The van der Waals surface area contributed by atoms with Crippen molar-refractivity contribution in [3.05, 3.63) is 64.7 Å². The Bertz CT molecular complexity index is 1170. The van der Waals surface area contributed by atoms with Crippen LogP contribution in [0.3, 0.4) is 0 Å². The molecule has 0 fully saturated rings. The first kappa shape index (κ1) is 26.8. The fraction of sp³-hybridized carbons (Fsp3) is 0.360. The van der Waals surface area contributed by atoms with Gasteiger partial charge >= 0.3 is 5.92 Å². The van der Waals surface area contributed by atoms with Crippen molar-refractivity contribution < 1.29 is 32.7 Å². The van der Waals surface area contributed by atoms with E-state index < -0.39 is 29.1 Å². The van der Waals surface area contributed by atoms with E-state index in [2.05, 4.69) is 5.32 Å². The van der Waals surface area contributed by atoms with Gasteiger partial charge in [0.1, 0.15) is 5.75 Å². The lowest BCUT2D eigenvalue weighted by Crippen LogP contribution is -2.38. The SMILES string of the molecule is [B]C(=O)NC(=O)CCCN1Cc2cc(CNC(=O)C(F)(F)c3ccccc3OC(C)C)ccc2C1=O. The van der Waals surface area contributed by atoms with Crippen molar-refractivity contribution in [1.29, 1.82) is 0 Å². The van der Waals surface area contributed by atoms with E-state index in [1.54, 1.807) is 43.0 Å². The maximum absolute atomic E-state index is 14.9. The molecule has 36 heavy (non-hydrogen) atoms. The number of halogens is 2. The minimum absolute atomic E-state index is 0.0277. The molecule has 8 nitrogen and oxygen atoms in total. The van der Waals surface area contributed by atoms with Gasteiger partial charge < -0.3 is 20.3 Å². The highest BCUT2D eigenvalue weighted by atomic mass is 19.3. The second kappa shape index (κ2) is 11.3. The molecular formula is C25H26BF2N3O5. The molecule has 2 radical (unpaired) electrons. The van der Waals surface area contributed by atoms with Gasteiger partial charge in [-0.1, -0.05) is 24.3 Å². The molecule has 4 amide bonds. The van der Waals surface area contributed by atoms with Crippen molar-refractivity contribution in [2.24, 2.45) is 0 Å². The predicted molar refractivity (Wildman–Crippen MR) is 128 cm³/mol. The Balaban J connectivity index is 1.60. The molecule has 1 aliphatic rings. The van der Waals surface area contributed by atoms with Gasteiger partial charge in [-0.15, -0.1) is 0 Å². The van der Waals surface area contributed by atoms with Crippen LogP contribution in [0.1, 0.15) is 53.7 Å². The number of carbonyl (C=O) groups excluding carboxylic acids is 4. The van der Waals surface area contributed by atoms with E-state index in [9.17, 15) is 28.0 Å². The fourth-order valence-electron chi connectivity index (χ4n) is 3.85. The quantitative estimate of drug-likeness (QED) is 0.492. The largest absolute Gasteiger partial charge is 0.490 e.